The third kappa shape index (κ3) is 3.78. The van der Waals surface area contributed by atoms with E-state index in [9.17, 15) is 0 Å². The Morgan fingerprint density at radius 2 is 2.27 bits per heavy atom. The summed E-state index contributed by atoms with van der Waals surface area (Å²) in [6, 6.07) is 6.63. The molecule has 1 rings (SSSR count). The largest absolute Gasteiger partial charge is 0.312 e. The molecule has 80 valence electrons. The third-order valence-corrected chi connectivity index (χ3v) is 3.64. The van der Waals surface area contributed by atoms with Gasteiger partial charge in [0.2, 0.25) is 0 Å². The molecule has 0 saturated heterocycles. The number of hydrogen-bond donors (Lipinski definition) is 1. The van der Waals surface area contributed by atoms with Gasteiger partial charge >= 0.3 is 0 Å². The van der Waals surface area contributed by atoms with Gasteiger partial charge in [0, 0.05) is 20.5 Å². The van der Waals surface area contributed by atoms with Crippen molar-refractivity contribution in [1.82, 2.24) is 5.32 Å². The first-order valence-corrected chi connectivity index (χ1v) is 6.58. The van der Waals surface area contributed by atoms with Crippen molar-refractivity contribution < 1.29 is 0 Å². The van der Waals surface area contributed by atoms with Crippen LogP contribution < -0.4 is 5.32 Å². The van der Waals surface area contributed by atoms with Crippen LogP contribution >= 0.6 is 38.5 Å². The average Bonchev–Trinajstić information content (AvgIpc) is 2.24. The lowest BCUT2D eigenvalue weighted by molar-refractivity contribution is 0.608. The minimum atomic E-state index is 0.307. The summed E-state index contributed by atoms with van der Waals surface area (Å²) >= 11 is 5.85. The lowest BCUT2D eigenvalue weighted by atomic mass is 10.0. The van der Waals surface area contributed by atoms with E-state index in [1.165, 1.54) is 9.13 Å². The monoisotopic (exact) mass is 377 g/mol. The van der Waals surface area contributed by atoms with E-state index in [-0.39, 0.29) is 0 Å². The summed E-state index contributed by atoms with van der Waals surface area (Å²) < 4.78 is 2.38. The maximum Gasteiger partial charge on any atom is 0.0439 e. The summed E-state index contributed by atoms with van der Waals surface area (Å²) in [4.78, 5) is 0. The predicted octanol–water partition coefficient (Wildman–Crippen LogP) is 3.73. The minimum Gasteiger partial charge on any atom is -0.312 e. The van der Waals surface area contributed by atoms with Crippen LogP contribution in [0.1, 0.15) is 24.9 Å². The van der Waals surface area contributed by atoms with E-state index in [1.54, 1.807) is 0 Å². The second-order valence-corrected chi connectivity index (χ2v) is 5.22. The molecular formula is C12H13BrIN. The van der Waals surface area contributed by atoms with Gasteiger partial charge in [-0.3, -0.25) is 0 Å². The molecule has 0 aliphatic rings. The molecule has 3 heteroatoms. The molecule has 1 N–H and O–H groups in total. The summed E-state index contributed by atoms with van der Waals surface area (Å²) in [6.07, 6.45) is 0.847. The van der Waals surface area contributed by atoms with E-state index in [0.717, 1.165) is 10.9 Å². The van der Waals surface area contributed by atoms with Crippen LogP contribution in [0.3, 0.4) is 0 Å². The van der Waals surface area contributed by atoms with E-state index in [4.69, 9.17) is 0 Å². The van der Waals surface area contributed by atoms with Gasteiger partial charge < -0.3 is 5.32 Å². The van der Waals surface area contributed by atoms with Crippen LogP contribution in [0.25, 0.3) is 0 Å². The molecule has 0 aliphatic heterocycles. The standard InChI is InChI=1S/C12H13BrIN/c1-3-4-5-12(15-2)10-8-9(13)6-7-11(10)14/h6-8,12,15H,5H2,1-2H3. The zero-order valence-electron chi connectivity index (χ0n) is 8.77. The molecule has 0 fully saturated rings. The molecule has 0 aliphatic carbocycles. The van der Waals surface area contributed by atoms with Crippen molar-refractivity contribution in [2.24, 2.45) is 0 Å². The summed E-state index contributed by atoms with van der Waals surface area (Å²) in [5.74, 6) is 6.05. The molecule has 15 heavy (non-hydrogen) atoms. The topological polar surface area (TPSA) is 12.0 Å². The van der Waals surface area contributed by atoms with Crippen molar-refractivity contribution in [3.63, 3.8) is 0 Å². The fourth-order valence-corrected chi connectivity index (χ4v) is 2.44. The van der Waals surface area contributed by atoms with Crippen molar-refractivity contribution >= 4 is 38.5 Å². The van der Waals surface area contributed by atoms with Crippen LogP contribution in [0.4, 0.5) is 0 Å². The van der Waals surface area contributed by atoms with Gasteiger partial charge in [0.1, 0.15) is 0 Å². The second-order valence-electron chi connectivity index (χ2n) is 3.14. The fraction of sp³-hybridized carbons (Fsp3) is 0.333. The van der Waals surface area contributed by atoms with Crippen molar-refractivity contribution in [2.45, 2.75) is 19.4 Å². The third-order valence-electron chi connectivity index (χ3n) is 2.16. The van der Waals surface area contributed by atoms with Crippen LogP contribution in [0.15, 0.2) is 22.7 Å². The van der Waals surface area contributed by atoms with E-state index in [1.807, 2.05) is 14.0 Å². The number of nitrogens with one attached hydrogen (secondary N) is 1. The molecule has 0 bridgehead atoms. The van der Waals surface area contributed by atoms with Gasteiger partial charge in [0.05, 0.1) is 0 Å². The number of rotatable bonds is 3. The highest BCUT2D eigenvalue weighted by molar-refractivity contribution is 14.1. The highest BCUT2D eigenvalue weighted by atomic mass is 127. The molecule has 0 aromatic heterocycles. The van der Waals surface area contributed by atoms with Gasteiger partial charge in [-0.2, -0.15) is 0 Å². The van der Waals surface area contributed by atoms with Gasteiger partial charge in [0.15, 0.2) is 0 Å². The van der Waals surface area contributed by atoms with Gasteiger partial charge in [0.25, 0.3) is 0 Å². The molecule has 0 radical (unpaired) electrons. The van der Waals surface area contributed by atoms with Crippen LogP contribution in [0.2, 0.25) is 0 Å². The van der Waals surface area contributed by atoms with E-state index in [0.29, 0.717) is 6.04 Å². The summed E-state index contributed by atoms with van der Waals surface area (Å²) in [7, 11) is 1.97. The summed E-state index contributed by atoms with van der Waals surface area (Å²) in [5.41, 5.74) is 1.30. The number of hydrogen-bond acceptors (Lipinski definition) is 1. The Kier molecular flexibility index (Phi) is 5.65. The van der Waals surface area contributed by atoms with Crippen molar-refractivity contribution in [3.8, 4) is 11.8 Å². The second kappa shape index (κ2) is 6.51. The average molecular weight is 378 g/mol. The number of halogens is 2. The Bertz CT molecular complexity index is 392. The lowest BCUT2D eigenvalue weighted by Crippen LogP contribution is -2.16. The summed E-state index contributed by atoms with van der Waals surface area (Å²) in [5, 5.41) is 3.29. The van der Waals surface area contributed by atoms with E-state index < -0.39 is 0 Å². The smallest absolute Gasteiger partial charge is 0.0439 e. The van der Waals surface area contributed by atoms with Gasteiger partial charge in [-0.1, -0.05) is 15.9 Å². The predicted molar refractivity (Wildman–Crippen MR) is 76.7 cm³/mol. The maximum atomic E-state index is 3.49. The lowest BCUT2D eigenvalue weighted by Gasteiger charge is -2.15. The quantitative estimate of drug-likeness (QED) is 0.625. The molecule has 1 aromatic carbocycles. The van der Waals surface area contributed by atoms with E-state index in [2.05, 4.69) is 73.9 Å². The molecule has 0 amide bonds. The Hall–Kier alpha value is -0.0500. The SMILES string of the molecule is CC#CCC(NC)c1cc(Br)ccc1I. The Morgan fingerprint density at radius 3 is 2.87 bits per heavy atom. The van der Waals surface area contributed by atoms with Crippen LogP contribution in [0, 0.1) is 15.4 Å². The zero-order valence-corrected chi connectivity index (χ0v) is 12.5. The Labute approximate surface area is 113 Å². The molecule has 0 heterocycles. The number of benzene rings is 1. The molecule has 1 aromatic rings. The Balaban J connectivity index is 2.98. The molecule has 1 nitrogen and oxygen atoms in total. The molecule has 0 saturated carbocycles. The van der Waals surface area contributed by atoms with Gasteiger partial charge in [-0.15, -0.1) is 11.8 Å². The van der Waals surface area contributed by atoms with Crippen molar-refractivity contribution in [3.05, 3.63) is 31.8 Å². The van der Waals surface area contributed by atoms with Gasteiger partial charge in [-0.25, -0.2) is 0 Å². The highest BCUT2D eigenvalue weighted by Crippen LogP contribution is 2.25. The van der Waals surface area contributed by atoms with Crippen LogP contribution in [-0.2, 0) is 0 Å². The minimum absolute atomic E-state index is 0.307. The normalized spacial score (nSPS) is 11.7. The van der Waals surface area contributed by atoms with E-state index >= 15 is 0 Å². The Morgan fingerprint density at radius 1 is 1.53 bits per heavy atom. The zero-order chi connectivity index (χ0) is 11.3. The van der Waals surface area contributed by atoms with Crippen molar-refractivity contribution in [2.75, 3.05) is 7.05 Å². The first-order chi connectivity index (χ1) is 7.19. The van der Waals surface area contributed by atoms with Crippen molar-refractivity contribution in [1.29, 1.82) is 0 Å². The highest BCUT2D eigenvalue weighted by Gasteiger charge is 2.11. The first kappa shape index (κ1) is 13.0. The fourth-order valence-electron chi connectivity index (χ4n) is 1.35. The van der Waals surface area contributed by atoms with Crippen LogP contribution in [-0.4, -0.2) is 7.05 Å². The first-order valence-electron chi connectivity index (χ1n) is 4.71. The van der Waals surface area contributed by atoms with Crippen LogP contribution in [0.5, 0.6) is 0 Å². The molecular weight excluding hydrogens is 365 g/mol. The molecule has 0 spiro atoms. The molecule has 1 unspecified atom stereocenters. The maximum absolute atomic E-state index is 3.49. The summed E-state index contributed by atoms with van der Waals surface area (Å²) in [6.45, 7) is 1.87. The van der Waals surface area contributed by atoms with Gasteiger partial charge in [-0.05, 0) is 60.3 Å². The molecule has 1 atom stereocenters.